The zero-order valence-corrected chi connectivity index (χ0v) is 28.0. The fraction of sp³-hybridized carbons (Fsp3) is 0.256. The monoisotopic (exact) mass is 682 g/mol. The van der Waals surface area contributed by atoms with E-state index in [9.17, 15) is 9.18 Å². The first-order chi connectivity index (χ1) is 24.9. The van der Waals surface area contributed by atoms with Gasteiger partial charge in [0.25, 0.3) is 5.91 Å². The molecular formula is C39H35FN8O3. The number of carbonyl (C=O) groups excluding carboxylic acids is 1. The fourth-order valence-electron chi connectivity index (χ4n) is 6.63. The van der Waals surface area contributed by atoms with Crippen molar-refractivity contribution in [1.29, 1.82) is 5.26 Å². The molecule has 3 aromatic heterocycles. The van der Waals surface area contributed by atoms with Gasteiger partial charge in [-0.25, -0.2) is 14.4 Å². The molecule has 0 saturated carbocycles. The summed E-state index contributed by atoms with van der Waals surface area (Å²) in [7, 11) is 0. The Morgan fingerprint density at radius 1 is 1.16 bits per heavy atom. The molecule has 0 unspecified atom stereocenters. The zero-order valence-electron chi connectivity index (χ0n) is 28.0. The third-order valence-electron chi connectivity index (χ3n) is 9.54. The summed E-state index contributed by atoms with van der Waals surface area (Å²) in [4.78, 5) is 25.3. The van der Waals surface area contributed by atoms with Gasteiger partial charge >= 0.3 is 0 Å². The minimum atomic E-state index is -0.476. The van der Waals surface area contributed by atoms with E-state index in [1.165, 1.54) is 6.07 Å². The Morgan fingerprint density at radius 3 is 2.84 bits per heavy atom. The van der Waals surface area contributed by atoms with Crippen molar-refractivity contribution in [2.45, 2.75) is 45.6 Å². The first-order valence-corrected chi connectivity index (χ1v) is 17.0. The molecule has 6 aromatic rings. The molecule has 1 fully saturated rings. The van der Waals surface area contributed by atoms with Crippen LogP contribution in [0.25, 0.3) is 27.5 Å². The van der Waals surface area contributed by atoms with Crippen molar-refractivity contribution < 1.29 is 18.7 Å². The maximum atomic E-state index is 14.3. The van der Waals surface area contributed by atoms with Crippen molar-refractivity contribution in [2.24, 2.45) is 0 Å². The number of aromatic nitrogens is 5. The number of benzene rings is 3. The summed E-state index contributed by atoms with van der Waals surface area (Å²) in [5, 5.41) is 20.0. The lowest BCUT2D eigenvalue weighted by Gasteiger charge is -2.29. The van der Waals surface area contributed by atoms with Crippen LogP contribution < -0.4 is 10.1 Å². The van der Waals surface area contributed by atoms with E-state index in [1.54, 1.807) is 24.4 Å². The van der Waals surface area contributed by atoms with Crippen LogP contribution in [0.1, 0.15) is 51.4 Å². The fourth-order valence-corrected chi connectivity index (χ4v) is 6.63. The van der Waals surface area contributed by atoms with Crippen molar-refractivity contribution in [3.8, 4) is 11.9 Å². The van der Waals surface area contributed by atoms with Crippen molar-refractivity contribution in [3.05, 3.63) is 119 Å². The molecule has 3 aromatic carbocycles. The molecule has 0 spiro atoms. The summed E-state index contributed by atoms with van der Waals surface area (Å²) in [5.41, 5.74) is 7.54. The molecule has 1 atom stereocenters. The molecule has 1 amide bonds. The van der Waals surface area contributed by atoms with E-state index in [-0.39, 0.29) is 24.2 Å². The molecule has 2 aliphatic heterocycles. The van der Waals surface area contributed by atoms with Crippen molar-refractivity contribution >= 4 is 39.1 Å². The molecule has 0 aliphatic carbocycles. The molecule has 0 bridgehead atoms. The first kappa shape index (κ1) is 32.3. The number of nitriles is 1. The van der Waals surface area contributed by atoms with Gasteiger partial charge < -0.3 is 19.4 Å². The predicted octanol–water partition coefficient (Wildman–Crippen LogP) is 6.54. The number of aromatic amines is 1. The van der Waals surface area contributed by atoms with Crippen LogP contribution in [-0.2, 0) is 24.4 Å². The van der Waals surface area contributed by atoms with Gasteiger partial charge in [-0.05, 0) is 79.4 Å². The van der Waals surface area contributed by atoms with Crippen LogP contribution in [0.4, 0.5) is 10.1 Å². The van der Waals surface area contributed by atoms with Crippen LogP contribution in [0.15, 0.2) is 79.0 Å². The number of anilines is 1. The molecule has 256 valence electrons. The van der Waals surface area contributed by atoms with Gasteiger partial charge in [-0.3, -0.25) is 14.8 Å². The Labute approximate surface area is 293 Å². The second-order valence-corrected chi connectivity index (χ2v) is 13.0. The van der Waals surface area contributed by atoms with Crippen molar-refractivity contribution in [1.82, 2.24) is 29.6 Å². The Bertz CT molecular complexity index is 2350. The minimum absolute atomic E-state index is 0.0174. The summed E-state index contributed by atoms with van der Waals surface area (Å²) >= 11 is 0. The molecule has 2 aliphatic rings. The van der Waals surface area contributed by atoms with Crippen molar-refractivity contribution in [2.75, 3.05) is 25.0 Å². The number of fused-ring (bicyclic) bond motifs is 2. The highest BCUT2D eigenvalue weighted by Gasteiger charge is 2.24. The smallest absolute Gasteiger partial charge is 0.255 e. The first-order valence-electron chi connectivity index (χ1n) is 17.0. The number of ether oxygens (including phenoxy) is 2. The number of pyridine rings is 1. The number of rotatable bonds is 10. The van der Waals surface area contributed by atoms with Gasteiger partial charge in [0.05, 0.1) is 59.3 Å². The number of hydrogen-bond acceptors (Lipinski definition) is 8. The maximum Gasteiger partial charge on any atom is 0.255 e. The van der Waals surface area contributed by atoms with Crippen LogP contribution >= 0.6 is 0 Å². The van der Waals surface area contributed by atoms with E-state index in [0.29, 0.717) is 29.2 Å². The van der Waals surface area contributed by atoms with Gasteiger partial charge in [0.1, 0.15) is 18.2 Å². The SMILES string of the molecule is Cc1cc(C(=O)Nc2ccc3c(c2)nc(CN2CC=C(c4cccc(OCc5ccc(C#N)cc5F)n4)CC2)n3C[C@@H]2CCO2)cc2cn[nH]c12. The number of hydrogen-bond donors (Lipinski definition) is 2. The van der Waals surface area contributed by atoms with Gasteiger partial charge in [-0.15, -0.1) is 0 Å². The molecule has 51 heavy (non-hydrogen) atoms. The highest BCUT2D eigenvalue weighted by Crippen LogP contribution is 2.28. The normalized spacial score (nSPS) is 16.1. The molecule has 11 nitrogen and oxygen atoms in total. The highest BCUT2D eigenvalue weighted by molar-refractivity contribution is 6.07. The van der Waals surface area contributed by atoms with Crippen LogP contribution in [0.5, 0.6) is 5.88 Å². The standard InChI is InChI=1S/C39H35FN8O3/c1-24-15-28(17-29-20-42-46-38(24)29)39(49)43-30-7-8-35-34(18-30)44-36(48(35)21-31-11-14-50-31)22-47-12-9-26(10-13-47)33-3-2-4-37(45-33)51-23-27-6-5-25(19-41)16-32(27)40/h2-9,15-18,20,31H,10-14,21-23H2,1H3,(H,42,46)(H,43,49)/t31-/m0/s1. The van der Waals surface area contributed by atoms with Crippen LogP contribution in [-0.4, -0.2) is 61.3 Å². The summed E-state index contributed by atoms with van der Waals surface area (Å²) in [6, 6.07) is 21.5. The van der Waals surface area contributed by atoms with E-state index in [4.69, 9.17) is 24.7 Å². The van der Waals surface area contributed by atoms with Gasteiger partial charge in [0, 0.05) is 48.0 Å². The number of carbonyl (C=O) groups is 1. The van der Waals surface area contributed by atoms with Gasteiger partial charge in [-0.2, -0.15) is 10.4 Å². The number of amides is 1. The second-order valence-electron chi connectivity index (χ2n) is 13.0. The third kappa shape index (κ3) is 6.81. The molecule has 2 N–H and O–H groups in total. The average Bonchev–Trinajstić information content (AvgIpc) is 3.74. The Balaban J connectivity index is 0.959. The van der Waals surface area contributed by atoms with Gasteiger partial charge in [0.2, 0.25) is 5.88 Å². The van der Waals surface area contributed by atoms with E-state index in [2.05, 4.69) is 31.1 Å². The second kappa shape index (κ2) is 13.8. The van der Waals surface area contributed by atoms with Crippen LogP contribution in [0, 0.1) is 24.1 Å². The van der Waals surface area contributed by atoms with E-state index < -0.39 is 5.82 Å². The third-order valence-corrected chi connectivity index (χ3v) is 9.54. The Hall–Kier alpha value is -5.90. The molecule has 8 rings (SSSR count). The van der Waals surface area contributed by atoms with E-state index in [0.717, 1.165) is 83.7 Å². The summed E-state index contributed by atoms with van der Waals surface area (Å²) < 4.78 is 28.2. The van der Waals surface area contributed by atoms with Gasteiger partial charge in [0.15, 0.2) is 0 Å². The average molecular weight is 683 g/mol. The number of H-pyrrole nitrogens is 1. The Kier molecular flexibility index (Phi) is 8.73. The molecule has 5 heterocycles. The number of nitrogens with zero attached hydrogens (tertiary/aromatic N) is 6. The van der Waals surface area contributed by atoms with E-state index >= 15 is 0 Å². The Morgan fingerprint density at radius 2 is 2.06 bits per heavy atom. The highest BCUT2D eigenvalue weighted by atomic mass is 19.1. The summed E-state index contributed by atoms with van der Waals surface area (Å²) in [6.45, 7) is 5.67. The number of halogens is 1. The van der Waals surface area contributed by atoms with Gasteiger partial charge in [-0.1, -0.05) is 18.2 Å². The number of imidazole rings is 1. The summed E-state index contributed by atoms with van der Waals surface area (Å²) in [5.74, 6) is 0.698. The molecule has 1 saturated heterocycles. The van der Waals surface area contributed by atoms with Crippen molar-refractivity contribution in [3.63, 3.8) is 0 Å². The lowest BCUT2D eigenvalue weighted by atomic mass is 10.0. The molecular weight excluding hydrogens is 647 g/mol. The van der Waals surface area contributed by atoms with Crippen LogP contribution in [0.3, 0.4) is 0 Å². The quantitative estimate of drug-likeness (QED) is 0.167. The topological polar surface area (TPSA) is 134 Å². The predicted molar refractivity (Wildman–Crippen MR) is 190 cm³/mol. The lowest BCUT2D eigenvalue weighted by Crippen LogP contribution is -2.33. The molecule has 0 radical (unpaired) electrons. The maximum absolute atomic E-state index is 14.3. The lowest BCUT2D eigenvalue weighted by molar-refractivity contribution is -0.0591. The zero-order chi connectivity index (χ0) is 34.9. The van der Waals surface area contributed by atoms with E-state index in [1.807, 2.05) is 55.5 Å². The van der Waals surface area contributed by atoms with Crippen LogP contribution in [0.2, 0.25) is 0 Å². The summed E-state index contributed by atoms with van der Waals surface area (Å²) in [6.07, 6.45) is 5.88. The minimum Gasteiger partial charge on any atom is -0.473 e. The molecule has 12 heteroatoms. The largest absolute Gasteiger partial charge is 0.473 e. The number of nitrogens with one attached hydrogen (secondary N) is 2. The number of aryl methyl sites for hydroxylation is 1.